The van der Waals surface area contributed by atoms with Gasteiger partial charge in [0.1, 0.15) is 6.04 Å². The Kier molecular flexibility index (Phi) is 5.71. The fourth-order valence-electron chi connectivity index (χ4n) is 2.96. The first kappa shape index (κ1) is 17.5. The van der Waals surface area contributed by atoms with Crippen molar-refractivity contribution in [2.75, 3.05) is 24.5 Å². The standard InChI is InChI=1S/C18H18BrN5O/c19-15-6-8-16(9-7-15)24-11-10-23(12-14-4-2-1-3-5-14)13-17(18(24)25)21-22-20/h1-9,17H,10-13H2. The molecule has 3 rings (SSSR count). The van der Waals surface area contributed by atoms with Gasteiger partial charge in [0.25, 0.3) is 0 Å². The Labute approximate surface area is 154 Å². The molecule has 0 radical (unpaired) electrons. The number of benzene rings is 2. The summed E-state index contributed by atoms with van der Waals surface area (Å²) < 4.78 is 0.954. The second-order valence-electron chi connectivity index (χ2n) is 5.91. The highest BCUT2D eigenvalue weighted by Crippen LogP contribution is 2.22. The summed E-state index contributed by atoms with van der Waals surface area (Å²) >= 11 is 3.41. The van der Waals surface area contributed by atoms with Crippen LogP contribution in [0.2, 0.25) is 0 Å². The van der Waals surface area contributed by atoms with Crippen molar-refractivity contribution in [1.82, 2.24) is 4.90 Å². The van der Waals surface area contributed by atoms with E-state index in [0.29, 0.717) is 19.6 Å². The van der Waals surface area contributed by atoms with Crippen molar-refractivity contribution >= 4 is 27.5 Å². The minimum absolute atomic E-state index is 0.157. The molecule has 6 nitrogen and oxygen atoms in total. The van der Waals surface area contributed by atoms with Crippen LogP contribution in [0.3, 0.4) is 0 Å². The molecule has 25 heavy (non-hydrogen) atoms. The molecule has 1 aliphatic heterocycles. The van der Waals surface area contributed by atoms with Gasteiger partial charge in [0.2, 0.25) is 5.91 Å². The van der Waals surface area contributed by atoms with E-state index in [1.165, 1.54) is 5.56 Å². The lowest BCUT2D eigenvalue weighted by Gasteiger charge is -2.22. The zero-order valence-corrected chi connectivity index (χ0v) is 15.2. The summed E-state index contributed by atoms with van der Waals surface area (Å²) in [7, 11) is 0. The lowest BCUT2D eigenvalue weighted by Crippen LogP contribution is -2.38. The van der Waals surface area contributed by atoms with E-state index in [2.05, 4.69) is 43.0 Å². The molecule has 0 aliphatic carbocycles. The molecule has 1 saturated heterocycles. The van der Waals surface area contributed by atoms with Gasteiger partial charge in [-0.1, -0.05) is 51.4 Å². The summed E-state index contributed by atoms with van der Waals surface area (Å²) in [6.45, 7) is 2.42. The minimum Gasteiger partial charge on any atom is -0.311 e. The SMILES string of the molecule is [N-]=[N+]=NC1CN(Cc2ccccc2)CCN(c2ccc(Br)cc2)C1=O. The molecule has 0 N–H and O–H groups in total. The number of anilines is 1. The Bertz CT molecular complexity index is 774. The van der Waals surface area contributed by atoms with E-state index in [-0.39, 0.29) is 5.91 Å². The minimum atomic E-state index is -0.722. The molecular weight excluding hydrogens is 382 g/mol. The van der Waals surface area contributed by atoms with Crippen molar-refractivity contribution in [3.05, 3.63) is 75.1 Å². The second kappa shape index (κ2) is 8.16. The molecule has 2 aromatic carbocycles. The summed E-state index contributed by atoms with van der Waals surface area (Å²) in [4.78, 5) is 19.6. The molecule has 0 spiro atoms. The first-order chi connectivity index (χ1) is 12.2. The first-order valence-corrected chi connectivity index (χ1v) is 8.84. The lowest BCUT2D eigenvalue weighted by atomic mass is 10.2. The number of rotatable bonds is 4. The maximum absolute atomic E-state index is 12.8. The number of amides is 1. The fourth-order valence-corrected chi connectivity index (χ4v) is 3.22. The summed E-state index contributed by atoms with van der Waals surface area (Å²) in [6.07, 6.45) is 0. The molecule has 1 atom stereocenters. The molecule has 128 valence electrons. The van der Waals surface area contributed by atoms with Crippen molar-refractivity contribution < 1.29 is 4.79 Å². The molecule has 1 fully saturated rings. The van der Waals surface area contributed by atoms with Gasteiger partial charge in [0, 0.05) is 41.3 Å². The molecule has 0 saturated carbocycles. The van der Waals surface area contributed by atoms with Crippen LogP contribution in [0.15, 0.2) is 64.2 Å². The molecule has 7 heteroatoms. The number of carbonyl (C=O) groups is 1. The van der Waals surface area contributed by atoms with Crippen LogP contribution < -0.4 is 4.90 Å². The van der Waals surface area contributed by atoms with Crippen LogP contribution >= 0.6 is 15.9 Å². The molecule has 1 heterocycles. The van der Waals surface area contributed by atoms with E-state index in [0.717, 1.165) is 16.7 Å². The third-order valence-electron chi connectivity index (χ3n) is 4.20. The van der Waals surface area contributed by atoms with Gasteiger partial charge in [-0.15, -0.1) is 0 Å². The highest BCUT2D eigenvalue weighted by Gasteiger charge is 2.30. The largest absolute Gasteiger partial charge is 0.311 e. The van der Waals surface area contributed by atoms with Gasteiger partial charge in [0.05, 0.1) is 0 Å². The Balaban J connectivity index is 1.82. The van der Waals surface area contributed by atoms with Gasteiger partial charge < -0.3 is 4.90 Å². The molecule has 0 aromatic heterocycles. The number of hydrogen-bond donors (Lipinski definition) is 0. The highest BCUT2D eigenvalue weighted by molar-refractivity contribution is 9.10. The molecular formula is C18H18BrN5O. The van der Waals surface area contributed by atoms with Gasteiger partial charge in [-0.3, -0.25) is 9.69 Å². The zero-order valence-electron chi connectivity index (χ0n) is 13.6. The smallest absolute Gasteiger partial charge is 0.237 e. The van der Waals surface area contributed by atoms with Gasteiger partial charge in [-0.25, -0.2) is 0 Å². The Morgan fingerprint density at radius 1 is 1.12 bits per heavy atom. The van der Waals surface area contributed by atoms with Crippen LogP contribution in [-0.4, -0.2) is 36.5 Å². The van der Waals surface area contributed by atoms with E-state index >= 15 is 0 Å². The van der Waals surface area contributed by atoms with E-state index in [1.54, 1.807) is 4.90 Å². The van der Waals surface area contributed by atoms with Gasteiger partial charge in [-0.05, 0) is 35.4 Å². The maximum Gasteiger partial charge on any atom is 0.237 e. The number of nitrogens with zero attached hydrogens (tertiary/aromatic N) is 5. The number of azide groups is 1. The first-order valence-electron chi connectivity index (χ1n) is 8.05. The molecule has 1 aliphatic rings. The second-order valence-corrected chi connectivity index (χ2v) is 6.82. The Morgan fingerprint density at radius 3 is 2.52 bits per heavy atom. The van der Waals surface area contributed by atoms with E-state index in [9.17, 15) is 4.79 Å². The number of carbonyl (C=O) groups excluding carboxylic acids is 1. The van der Waals surface area contributed by atoms with E-state index in [4.69, 9.17) is 5.53 Å². The van der Waals surface area contributed by atoms with Crippen LogP contribution in [0.25, 0.3) is 10.4 Å². The quantitative estimate of drug-likeness (QED) is 0.443. The molecule has 1 amide bonds. The van der Waals surface area contributed by atoms with Crippen molar-refractivity contribution in [2.24, 2.45) is 5.11 Å². The van der Waals surface area contributed by atoms with Crippen molar-refractivity contribution in [1.29, 1.82) is 0 Å². The van der Waals surface area contributed by atoms with Gasteiger partial charge in [0.15, 0.2) is 0 Å². The molecule has 2 aromatic rings. The van der Waals surface area contributed by atoms with Crippen LogP contribution in [0.5, 0.6) is 0 Å². The number of hydrogen-bond acceptors (Lipinski definition) is 3. The summed E-state index contributed by atoms with van der Waals surface area (Å²) in [5.41, 5.74) is 10.8. The van der Waals surface area contributed by atoms with Crippen molar-refractivity contribution in [2.45, 2.75) is 12.6 Å². The third-order valence-corrected chi connectivity index (χ3v) is 4.73. The summed E-state index contributed by atoms with van der Waals surface area (Å²) in [5.74, 6) is -0.157. The van der Waals surface area contributed by atoms with Crippen molar-refractivity contribution in [3.63, 3.8) is 0 Å². The number of halogens is 1. The maximum atomic E-state index is 12.8. The average Bonchev–Trinajstić information content (AvgIpc) is 2.77. The van der Waals surface area contributed by atoms with Crippen LogP contribution in [0.1, 0.15) is 5.56 Å². The van der Waals surface area contributed by atoms with E-state index < -0.39 is 6.04 Å². The lowest BCUT2D eigenvalue weighted by molar-refractivity contribution is -0.119. The van der Waals surface area contributed by atoms with Crippen molar-refractivity contribution in [3.8, 4) is 0 Å². The summed E-state index contributed by atoms with van der Waals surface area (Å²) in [6, 6.07) is 16.9. The van der Waals surface area contributed by atoms with Crippen LogP contribution in [-0.2, 0) is 11.3 Å². The summed E-state index contributed by atoms with van der Waals surface area (Å²) in [5, 5.41) is 3.75. The van der Waals surface area contributed by atoms with Gasteiger partial charge in [-0.2, -0.15) is 0 Å². The third kappa shape index (κ3) is 4.39. The predicted molar refractivity (Wildman–Crippen MR) is 101 cm³/mol. The zero-order chi connectivity index (χ0) is 17.6. The highest BCUT2D eigenvalue weighted by atomic mass is 79.9. The Hall–Kier alpha value is -2.34. The molecule has 0 bridgehead atoms. The van der Waals surface area contributed by atoms with Crippen LogP contribution in [0.4, 0.5) is 5.69 Å². The van der Waals surface area contributed by atoms with Gasteiger partial charge >= 0.3 is 0 Å². The normalized spacial score (nSPS) is 18.5. The van der Waals surface area contributed by atoms with Crippen LogP contribution in [0, 0.1) is 0 Å². The Morgan fingerprint density at radius 2 is 1.84 bits per heavy atom. The average molecular weight is 400 g/mol. The fraction of sp³-hybridized carbons (Fsp3) is 0.278. The monoisotopic (exact) mass is 399 g/mol. The topological polar surface area (TPSA) is 72.3 Å². The predicted octanol–water partition coefficient (Wildman–Crippen LogP) is 3.98. The van der Waals surface area contributed by atoms with E-state index in [1.807, 2.05) is 42.5 Å². The molecule has 1 unspecified atom stereocenters.